The van der Waals surface area contributed by atoms with Crippen LogP contribution in [0.1, 0.15) is 18.5 Å². The van der Waals surface area contributed by atoms with Gasteiger partial charge >= 0.3 is 0 Å². The average molecular weight is 258 g/mol. The van der Waals surface area contributed by atoms with Crippen molar-refractivity contribution in [3.8, 4) is 0 Å². The number of rotatable bonds is 4. The quantitative estimate of drug-likeness (QED) is 0.816. The van der Waals surface area contributed by atoms with Crippen molar-refractivity contribution in [2.75, 3.05) is 6.54 Å². The standard InChI is InChI=1S/C11H13BrFN/c1-3-6-14-8(2)10-7-9(12)4-5-11(10)13/h3-5,7-8,14H,1,6H2,2H3. The molecule has 1 atom stereocenters. The van der Waals surface area contributed by atoms with Crippen LogP contribution in [0.15, 0.2) is 35.3 Å². The maximum Gasteiger partial charge on any atom is 0.128 e. The van der Waals surface area contributed by atoms with Crippen LogP contribution in [0.3, 0.4) is 0 Å². The van der Waals surface area contributed by atoms with E-state index in [1.807, 2.05) is 6.92 Å². The van der Waals surface area contributed by atoms with Crippen LogP contribution >= 0.6 is 15.9 Å². The van der Waals surface area contributed by atoms with E-state index in [1.165, 1.54) is 6.07 Å². The molecular formula is C11H13BrFN. The van der Waals surface area contributed by atoms with Gasteiger partial charge in [0, 0.05) is 22.6 Å². The molecule has 3 heteroatoms. The third-order valence-corrected chi connectivity index (χ3v) is 2.49. The van der Waals surface area contributed by atoms with Crippen molar-refractivity contribution < 1.29 is 4.39 Å². The Morgan fingerprint density at radius 2 is 2.36 bits per heavy atom. The molecule has 1 N–H and O–H groups in total. The highest BCUT2D eigenvalue weighted by Crippen LogP contribution is 2.21. The van der Waals surface area contributed by atoms with Gasteiger partial charge in [0.05, 0.1) is 0 Å². The third-order valence-electron chi connectivity index (χ3n) is 1.99. The maximum absolute atomic E-state index is 13.4. The van der Waals surface area contributed by atoms with Gasteiger partial charge in [-0.1, -0.05) is 22.0 Å². The number of nitrogens with one attached hydrogen (secondary N) is 1. The number of hydrogen-bond acceptors (Lipinski definition) is 1. The highest BCUT2D eigenvalue weighted by molar-refractivity contribution is 9.10. The van der Waals surface area contributed by atoms with Crippen LogP contribution in [-0.4, -0.2) is 6.54 Å². The van der Waals surface area contributed by atoms with E-state index in [1.54, 1.807) is 18.2 Å². The largest absolute Gasteiger partial charge is 0.307 e. The van der Waals surface area contributed by atoms with Gasteiger partial charge in [-0.15, -0.1) is 6.58 Å². The van der Waals surface area contributed by atoms with Crippen molar-refractivity contribution in [2.24, 2.45) is 0 Å². The summed E-state index contributed by atoms with van der Waals surface area (Å²) in [4.78, 5) is 0. The molecule has 0 bridgehead atoms. The molecule has 0 radical (unpaired) electrons. The molecule has 1 aromatic carbocycles. The second-order valence-electron chi connectivity index (χ2n) is 3.08. The molecular weight excluding hydrogens is 245 g/mol. The minimum Gasteiger partial charge on any atom is -0.307 e. The Balaban J connectivity index is 2.82. The lowest BCUT2D eigenvalue weighted by Gasteiger charge is -2.13. The van der Waals surface area contributed by atoms with Crippen LogP contribution < -0.4 is 5.32 Å². The Morgan fingerprint density at radius 3 is 3.00 bits per heavy atom. The van der Waals surface area contributed by atoms with E-state index < -0.39 is 0 Å². The molecule has 14 heavy (non-hydrogen) atoms. The molecule has 0 aliphatic heterocycles. The average Bonchev–Trinajstić information content (AvgIpc) is 2.18. The summed E-state index contributed by atoms with van der Waals surface area (Å²) >= 11 is 3.32. The topological polar surface area (TPSA) is 12.0 Å². The molecule has 1 aromatic rings. The molecule has 0 aliphatic carbocycles. The minimum atomic E-state index is -0.183. The van der Waals surface area contributed by atoms with Crippen molar-refractivity contribution in [1.29, 1.82) is 0 Å². The van der Waals surface area contributed by atoms with Crippen LogP contribution in [0.25, 0.3) is 0 Å². The summed E-state index contributed by atoms with van der Waals surface area (Å²) in [5.74, 6) is -0.183. The fourth-order valence-corrected chi connectivity index (χ4v) is 1.60. The van der Waals surface area contributed by atoms with Crippen molar-refractivity contribution in [3.63, 3.8) is 0 Å². The minimum absolute atomic E-state index is 0.00880. The zero-order valence-corrected chi connectivity index (χ0v) is 9.64. The molecule has 0 amide bonds. The van der Waals surface area contributed by atoms with Gasteiger partial charge in [-0.2, -0.15) is 0 Å². The van der Waals surface area contributed by atoms with Crippen LogP contribution in [-0.2, 0) is 0 Å². The van der Waals surface area contributed by atoms with Crippen molar-refractivity contribution in [1.82, 2.24) is 5.32 Å². The molecule has 76 valence electrons. The summed E-state index contributed by atoms with van der Waals surface area (Å²) in [6.45, 7) is 6.20. The first-order valence-electron chi connectivity index (χ1n) is 4.44. The van der Waals surface area contributed by atoms with Gasteiger partial charge in [0.2, 0.25) is 0 Å². The molecule has 0 aliphatic rings. The Hall–Kier alpha value is -0.670. The first-order chi connectivity index (χ1) is 6.65. The van der Waals surface area contributed by atoms with E-state index in [-0.39, 0.29) is 11.9 Å². The second kappa shape index (κ2) is 5.27. The van der Waals surface area contributed by atoms with Gasteiger partial charge in [0.25, 0.3) is 0 Å². The van der Waals surface area contributed by atoms with Crippen molar-refractivity contribution >= 4 is 15.9 Å². The monoisotopic (exact) mass is 257 g/mol. The molecule has 0 saturated carbocycles. The van der Waals surface area contributed by atoms with Gasteiger partial charge in [-0.3, -0.25) is 0 Å². The van der Waals surface area contributed by atoms with Gasteiger partial charge in [-0.25, -0.2) is 4.39 Å². The lowest BCUT2D eigenvalue weighted by molar-refractivity contribution is 0.549. The van der Waals surface area contributed by atoms with Crippen LogP contribution in [0, 0.1) is 5.82 Å². The molecule has 0 saturated heterocycles. The summed E-state index contributed by atoms with van der Waals surface area (Å²) < 4.78 is 14.3. The second-order valence-corrected chi connectivity index (χ2v) is 4.00. The smallest absolute Gasteiger partial charge is 0.128 e. The molecule has 1 unspecified atom stereocenters. The van der Waals surface area contributed by atoms with Gasteiger partial charge in [0.15, 0.2) is 0 Å². The zero-order valence-electron chi connectivity index (χ0n) is 8.06. The van der Waals surface area contributed by atoms with E-state index in [0.29, 0.717) is 12.1 Å². The maximum atomic E-state index is 13.4. The molecule has 1 rings (SSSR count). The highest BCUT2D eigenvalue weighted by Gasteiger charge is 2.09. The lowest BCUT2D eigenvalue weighted by Crippen LogP contribution is -2.19. The Morgan fingerprint density at radius 1 is 1.64 bits per heavy atom. The van der Waals surface area contributed by atoms with Gasteiger partial charge in [-0.05, 0) is 25.1 Å². The van der Waals surface area contributed by atoms with Crippen molar-refractivity contribution in [3.05, 3.63) is 46.7 Å². The summed E-state index contributed by atoms with van der Waals surface area (Å²) in [6.07, 6.45) is 1.76. The fourth-order valence-electron chi connectivity index (χ4n) is 1.22. The fraction of sp³-hybridized carbons (Fsp3) is 0.273. The van der Waals surface area contributed by atoms with Crippen LogP contribution in [0.2, 0.25) is 0 Å². The number of benzene rings is 1. The molecule has 0 heterocycles. The number of hydrogen-bond donors (Lipinski definition) is 1. The van der Waals surface area contributed by atoms with Crippen LogP contribution in [0.5, 0.6) is 0 Å². The molecule has 0 spiro atoms. The van der Waals surface area contributed by atoms with Crippen LogP contribution in [0.4, 0.5) is 4.39 Å². The normalized spacial score (nSPS) is 12.5. The highest BCUT2D eigenvalue weighted by atomic mass is 79.9. The van der Waals surface area contributed by atoms with Gasteiger partial charge < -0.3 is 5.32 Å². The van der Waals surface area contributed by atoms with E-state index in [9.17, 15) is 4.39 Å². The third kappa shape index (κ3) is 2.93. The van der Waals surface area contributed by atoms with E-state index in [0.717, 1.165) is 4.47 Å². The summed E-state index contributed by atoms with van der Waals surface area (Å²) in [7, 11) is 0. The van der Waals surface area contributed by atoms with Crippen molar-refractivity contribution in [2.45, 2.75) is 13.0 Å². The predicted octanol–water partition coefficient (Wildman–Crippen LogP) is 3.42. The van der Waals surface area contributed by atoms with E-state index >= 15 is 0 Å². The van der Waals surface area contributed by atoms with E-state index in [4.69, 9.17) is 0 Å². The first-order valence-corrected chi connectivity index (χ1v) is 5.23. The molecule has 0 fully saturated rings. The summed E-state index contributed by atoms with van der Waals surface area (Å²) in [5, 5.41) is 3.14. The Kier molecular flexibility index (Phi) is 4.29. The Bertz CT molecular complexity index is 325. The summed E-state index contributed by atoms with van der Waals surface area (Å²) in [6, 6.07) is 4.94. The lowest BCUT2D eigenvalue weighted by atomic mass is 10.1. The molecule has 0 aromatic heterocycles. The predicted molar refractivity (Wildman–Crippen MR) is 60.7 cm³/mol. The number of halogens is 2. The Labute approximate surface area is 92.1 Å². The summed E-state index contributed by atoms with van der Waals surface area (Å²) in [5.41, 5.74) is 0.668. The molecule has 1 nitrogen and oxygen atoms in total. The first kappa shape index (κ1) is 11.4. The zero-order chi connectivity index (χ0) is 10.6. The van der Waals surface area contributed by atoms with E-state index in [2.05, 4.69) is 27.8 Å². The van der Waals surface area contributed by atoms with Gasteiger partial charge in [0.1, 0.15) is 5.82 Å². The SMILES string of the molecule is C=CCNC(C)c1cc(Br)ccc1F.